The lowest BCUT2D eigenvalue weighted by atomic mass is 10.4. The van der Waals surface area contributed by atoms with Gasteiger partial charge in [-0.2, -0.15) is 0 Å². The lowest BCUT2D eigenvalue weighted by Crippen LogP contribution is -2.37. The van der Waals surface area contributed by atoms with Gasteiger partial charge in [0.25, 0.3) is 5.56 Å². The second-order valence-corrected chi connectivity index (χ2v) is 3.96. The van der Waals surface area contributed by atoms with Gasteiger partial charge in [0, 0.05) is 20.6 Å². The van der Waals surface area contributed by atoms with Crippen LogP contribution in [0, 0.1) is 0 Å². The van der Waals surface area contributed by atoms with Gasteiger partial charge in [-0.3, -0.25) is 18.7 Å². The first-order valence-corrected chi connectivity index (χ1v) is 5.26. The molecule has 0 saturated heterocycles. The number of nitrogens with zero attached hydrogens (tertiary/aromatic N) is 4. The van der Waals surface area contributed by atoms with Crippen LogP contribution in [-0.4, -0.2) is 29.8 Å². The van der Waals surface area contributed by atoms with Crippen LogP contribution in [0.5, 0.6) is 0 Å². The van der Waals surface area contributed by atoms with Gasteiger partial charge in [0.15, 0.2) is 11.2 Å². The van der Waals surface area contributed by atoms with Crippen LogP contribution < -0.4 is 11.2 Å². The van der Waals surface area contributed by atoms with E-state index in [1.54, 1.807) is 0 Å². The number of aryl methyl sites for hydroxylation is 2. The zero-order valence-corrected chi connectivity index (χ0v) is 9.95. The first kappa shape index (κ1) is 12.1. The summed E-state index contributed by atoms with van der Waals surface area (Å²) in [7, 11) is 2.89. The quantitative estimate of drug-likeness (QED) is 0.748. The van der Waals surface area contributed by atoms with Crippen LogP contribution in [0.4, 0.5) is 0 Å². The zero-order valence-electron chi connectivity index (χ0n) is 9.95. The monoisotopic (exact) mass is 252 g/mol. The van der Waals surface area contributed by atoms with Crippen molar-refractivity contribution in [2.45, 2.75) is 13.0 Å². The minimum Gasteiger partial charge on any atom is -0.481 e. The van der Waals surface area contributed by atoms with Crippen LogP contribution in [-0.2, 0) is 25.4 Å². The van der Waals surface area contributed by atoms with Gasteiger partial charge >= 0.3 is 11.7 Å². The molecule has 0 aromatic carbocycles. The number of imidazole rings is 1. The van der Waals surface area contributed by atoms with Gasteiger partial charge in [-0.05, 0) is 0 Å². The van der Waals surface area contributed by atoms with E-state index in [0.717, 1.165) is 4.57 Å². The summed E-state index contributed by atoms with van der Waals surface area (Å²) in [5, 5.41) is 8.63. The summed E-state index contributed by atoms with van der Waals surface area (Å²) in [4.78, 5) is 38.1. The van der Waals surface area contributed by atoms with Crippen molar-refractivity contribution in [3.63, 3.8) is 0 Å². The second-order valence-electron chi connectivity index (χ2n) is 3.96. The highest BCUT2D eigenvalue weighted by atomic mass is 16.4. The number of carboxylic acid groups (broad SMARTS) is 1. The number of carboxylic acids is 1. The molecule has 2 heterocycles. The number of hydrogen-bond acceptors (Lipinski definition) is 4. The van der Waals surface area contributed by atoms with Gasteiger partial charge in [0.2, 0.25) is 0 Å². The fourth-order valence-corrected chi connectivity index (χ4v) is 1.78. The number of carbonyl (C=O) groups is 1. The summed E-state index contributed by atoms with van der Waals surface area (Å²) in [6.07, 6.45) is 1.26. The van der Waals surface area contributed by atoms with Crippen LogP contribution in [0.25, 0.3) is 11.2 Å². The normalized spacial score (nSPS) is 11.0. The Bertz CT molecular complexity index is 737. The summed E-state index contributed by atoms with van der Waals surface area (Å²) in [5.41, 5.74) is -0.443. The van der Waals surface area contributed by atoms with Crippen molar-refractivity contribution in [2.75, 3.05) is 0 Å². The van der Waals surface area contributed by atoms with Gasteiger partial charge in [0.05, 0.1) is 12.7 Å². The van der Waals surface area contributed by atoms with Crippen molar-refractivity contribution in [1.29, 1.82) is 0 Å². The van der Waals surface area contributed by atoms with Crippen LogP contribution in [0.3, 0.4) is 0 Å². The molecule has 0 aliphatic heterocycles. The number of aliphatic carboxylic acids is 1. The first-order valence-electron chi connectivity index (χ1n) is 5.26. The molecule has 1 N–H and O–H groups in total. The molecule has 2 aromatic rings. The maximum atomic E-state index is 12.0. The third-order valence-corrected chi connectivity index (χ3v) is 2.78. The maximum Gasteiger partial charge on any atom is 0.332 e. The summed E-state index contributed by atoms with van der Waals surface area (Å²) in [6.45, 7) is 0.138. The Kier molecular flexibility index (Phi) is 2.77. The molecule has 8 nitrogen and oxygen atoms in total. The zero-order chi connectivity index (χ0) is 13.4. The van der Waals surface area contributed by atoms with Crippen molar-refractivity contribution in [3.8, 4) is 0 Å². The van der Waals surface area contributed by atoms with Crippen LogP contribution in [0.15, 0.2) is 15.9 Å². The summed E-state index contributed by atoms with van der Waals surface area (Å²) in [6, 6.07) is 0. The van der Waals surface area contributed by atoms with E-state index in [0.29, 0.717) is 0 Å². The van der Waals surface area contributed by atoms with E-state index in [-0.39, 0.29) is 24.1 Å². The molecule has 18 heavy (non-hydrogen) atoms. The molecule has 2 rings (SSSR count). The lowest BCUT2D eigenvalue weighted by molar-refractivity contribution is -0.137. The van der Waals surface area contributed by atoms with E-state index in [4.69, 9.17) is 5.11 Å². The van der Waals surface area contributed by atoms with E-state index in [9.17, 15) is 14.4 Å². The molecule has 0 bridgehead atoms. The van der Waals surface area contributed by atoms with E-state index in [1.165, 1.54) is 29.6 Å². The predicted octanol–water partition coefficient (Wildman–Crippen LogP) is -1.09. The van der Waals surface area contributed by atoms with E-state index < -0.39 is 17.2 Å². The Morgan fingerprint density at radius 3 is 2.61 bits per heavy atom. The van der Waals surface area contributed by atoms with E-state index in [1.807, 2.05) is 0 Å². The smallest absolute Gasteiger partial charge is 0.332 e. The summed E-state index contributed by atoms with van der Waals surface area (Å²) < 4.78 is 3.68. The molecule has 0 atom stereocenters. The van der Waals surface area contributed by atoms with Crippen molar-refractivity contribution in [3.05, 3.63) is 27.2 Å². The molecule has 0 fully saturated rings. The third-order valence-electron chi connectivity index (χ3n) is 2.78. The molecule has 0 radical (unpaired) electrons. The van der Waals surface area contributed by atoms with Gasteiger partial charge < -0.3 is 9.67 Å². The molecule has 96 valence electrons. The lowest BCUT2D eigenvalue weighted by Gasteiger charge is -2.05. The van der Waals surface area contributed by atoms with Crippen LogP contribution in [0.1, 0.15) is 6.42 Å². The van der Waals surface area contributed by atoms with E-state index in [2.05, 4.69) is 4.98 Å². The molecule has 0 unspecified atom stereocenters. The molecular weight excluding hydrogens is 240 g/mol. The first-order chi connectivity index (χ1) is 8.43. The molecule has 0 amide bonds. The Morgan fingerprint density at radius 2 is 2.00 bits per heavy atom. The van der Waals surface area contributed by atoms with Gasteiger partial charge in [-0.25, -0.2) is 9.78 Å². The Morgan fingerprint density at radius 1 is 1.33 bits per heavy atom. The summed E-state index contributed by atoms with van der Waals surface area (Å²) in [5.74, 6) is -0.960. The average Bonchev–Trinajstić information content (AvgIpc) is 2.75. The molecule has 0 saturated carbocycles. The topological polar surface area (TPSA) is 99.1 Å². The minimum absolute atomic E-state index is 0.114. The summed E-state index contributed by atoms with van der Waals surface area (Å²) >= 11 is 0. The molecule has 0 aliphatic rings. The van der Waals surface area contributed by atoms with Crippen molar-refractivity contribution in [2.24, 2.45) is 14.1 Å². The fraction of sp³-hybridized carbons (Fsp3) is 0.400. The SMILES string of the molecule is Cn1c(=O)c2c(ncn2CCC(=O)O)n(C)c1=O. The van der Waals surface area contributed by atoms with Gasteiger partial charge in [-0.1, -0.05) is 0 Å². The molecule has 8 heteroatoms. The molecular formula is C10H12N4O4. The van der Waals surface area contributed by atoms with Crippen LogP contribution in [0.2, 0.25) is 0 Å². The number of rotatable bonds is 3. The highest BCUT2D eigenvalue weighted by molar-refractivity contribution is 5.71. The van der Waals surface area contributed by atoms with Gasteiger partial charge in [0.1, 0.15) is 0 Å². The van der Waals surface area contributed by atoms with E-state index >= 15 is 0 Å². The third kappa shape index (κ3) is 1.71. The molecule has 2 aromatic heterocycles. The maximum absolute atomic E-state index is 12.0. The Balaban J connectivity index is 2.70. The van der Waals surface area contributed by atoms with Gasteiger partial charge in [-0.15, -0.1) is 0 Å². The highest BCUT2D eigenvalue weighted by Gasteiger charge is 2.14. The van der Waals surface area contributed by atoms with Crippen molar-refractivity contribution < 1.29 is 9.90 Å². The van der Waals surface area contributed by atoms with Crippen molar-refractivity contribution >= 4 is 17.1 Å². The Labute approximate surface area is 101 Å². The molecule has 0 aliphatic carbocycles. The predicted molar refractivity (Wildman–Crippen MR) is 62.5 cm³/mol. The largest absolute Gasteiger partial charge is 0.481 e. The fourth-order valence-electron chi connectivity index (χ4n) is 1.78. The van der Waals surface area contributed by atoms with Crippen LogP contribution >= 0.6 is 0 Å². The number of fused-ring (bicyclic) bond motifs is 1. The standard InChI is InChI=1S/C10H12N4O4/c1-12-8-7(9(17)13(2)10(12)18)14(5-11-8)4-3-6(15)16/h5H,3-4H2,1-2H3,(H,15,16). The second kappa shape index (κ2) is 4.13. The number of hydrogen-bond donors (Lipinski definition) is 1. The average molecular weight is 252 g/mol. The molecule has 0 spiro atoms. The Hall–Kier alpha value is -2.38. The van der Waals surface area contributed by atoms with Crippen molar-refractivity contribution in [1.82, 2.24) is 18.7 Å². The highest BCUT2D eigenvalue weighted by Crippen LogP contribution is 2.05. The number of aromatic nitrogens is 4. The minimum atomic E-state index is -0.960.